The van der Waals surface area contributed by atoms with Gasteiger partial charge in [-0.05, 0) is 38.1 Å². The Morgan fingerprint density at radius 2 is 1.95 bits per heavy atom. The van der Waals surface area contributed by atoms with E-state index in [0.29, 0.717) is 12.1 Å². The van der Waals surface area contributed by atoms with Gasteiger partial charge >= 0.3 is 0 Å². The molecule has 0 aromatic heterocycles. The van der Waals surface area contributed by atoms with Crippen LogP contribution in [0.5, 0.6) is 0 Å². The Kier molecular flexibility index (Phi) is 6.93. The summed E-state index contributed by atoms with van der Waals surface area (Å²) in [7, 11) is 0. The summed E-state index contributed by atoms with van der Waals surface area (Å²) < 4.78 is 6.03. The second-order valence-corrected chi connectivity index (χ2v) is 7.30. The lowest BCUT2D eigenvalue weighted by atomic mass is 9.90. The van der Waals surface area contributed by atoms with Crippen LogP contribution in [-0.4, -0.2) is 67.3 Å². The normalized spacial score (nSPS) is 32.0. The van der Waals surface area contributed by atoms with Crippen molar-refractivity contribution in [1.82, 2.24) is 9.80 Å². The highest BCUT2D eigenvalue weighted by Crippen LogP contribution is 2.23. The molecular weight excluding hydrogens is 262 g/mol. The van der Waals surface area contributed by atoms with Crippen LogP contribution < -0.4 is 5.73 Å². The van der Waals surface area contributed by atoms with Crippen LogP contribution in [0.1, 0.15) is 46.5 Å². The number of nitrogens with zero attached hydrogens (tertiary/aromatic N) is 2. The fourth-order valence-corrected chi connectivity index (χ4v) is 3.84. The van der Waals surface area contributed by atoms with Gasteiger partial charge in [0.25, 0.3) is 0 Å². The van der Waals surface area contributed by atoms with E-state index in [4.69, 9.17) is 10.5 Å². The Labute approximate surface area is 131 Å². The predicted octanol–water partition coefficient (Wildman–Crippen LogP) is 1.94. The van der Waals surface area contributed by atoms with Gasteiger partial charge < -0.3 is 10.5 Å². The van der Waals surface area contributed by atoms with Crippen LogP contribution in [0.15, 0.2) is 0 Å². The minimum atomic E-state index is 0.382. The molecule has 1 saturated carbocycles. The third kappa shape index (κ3) is 5.51. The number of ether oxygens (including phenoxy) is 1. The molecule has 4 nitrogen and oxygen atoms in total. The predicted molar refractivity (Wildman–Crippen MR) is 88.5 cm³/mol. The summed E-state index contributed by atoms with van der Waals surface area (Å²) in [5.41, 5.74) is 6.04. The van der Waals surface area contributed by atoms with Gasteiger partial charge in [-0.3, -0.25) is 9.80 Å². The molecular formula is C17H35N3O. The fourth-order valence-electron chi connectivity index (χ4n) is 3.84. The Balaban J connectivity index is 1.80. The number of hydrogen-bond donors (Lipinski definition) is 1. The fraction of sp³-hybridized carbons (Fsp3) is 1.00. The van der Waals surface area contributed by atoms with E-state index in [-0.39, 0.29) is 0 Å². The summed E-state index contributed by atoms with van der Waals surface area (Å²) >= 11 is 0. The van der Waals surface area contributed by atoms with Crippen molar-refractivity contribution in [3.63, 3.8) is 0 Å². The van der Waals surface area contributed by atoms with Gasteiger partial charge in [0.1, 0.15) is 0 Å². The molecule has 1 aliphatic heterocycles. The first-order valence-electron chi connectivity index (χ1n) is 8.92. The van der Waals surface area contributed by atoms with Gasteiger partial charge in [0, 0.05) is 38.3 Å². The topological polar surface area (TPSA) is 41.7 Å². The number of morpholine rings is 1. The Bertz CT molecular complexity index is 290. The molecule has 1 aliphatic carbocycles. The third-order valence-corrected chi connectivity index (χ3v) is 4.95. The lowest BCUT2D eigenvalue weighted by Crippen LogP contribution is -2.51. The smallest absolute Gasteiger partial charge is 0.0829 e. The Morgan fingerprint density at radius 3 is 2.57 bits per heavy atom. The van der Waals surface area contributed by atoms with Crippen molar-refractivity contribution in [3.05, 3.63) is 0 Å². The van der Waals surface area contributed by atoms with Crippen molar-refractivity contribution in [1.29, 1.82) is 0 Å². The van der Waals surface area contributed by atoms with E-state index in [0.717, 1.165) is 44.7 Å². The molecule has 1 atom stereocenters. The molecule has 0 aromatic carbocycles. The third-order valence-electron chi connectivity index (χ3n) is 4.95. The average molecular weight is 297 g/mol. The van der Waals surface area contributed by atoms with Crippen molar-refractivity contribution >= 4 is 0 Å². The first kappa shape index (κ1) is 17.2. The maximum atomic E-state index is 6.04. The molecule has 1 unspecified atom stereocenters. The molecule has 1 heterocycles. The highest BCUT2D eigenvalue weighted by atomic mass is 16.5. The molecule has 0 spiro atoms. The van der Waals surface area contributed by atoms with Gasteiger partial charge in [0.15, 0.2) is 0 Å². The Morgan fingerprint density at radius 1 is 1.24 bits per heavy atom. The molecule has 1 saturated heterocycles. The molecule has 2 aliphatic rings. The lowest BCUT2D eigenvalue weighted by Gasteiger charge is -2.40. The minimum absolute atomic E-state index is 0.382. The van der Waals surface area contributed by atoms with E-state index in [1.165, 1.54) is 32.2 Å². The van der Waals surface area contributed by atoms with E-state index >= 15 is 0 Å². The number of rotatable bonds is 6. The van der Waals surface area contributed by atoms with E-state index in [1.807, 2.05) is 0 Å². The van der Waals surface area contributed by atoms with Crippen LogP contribution in [0.25, 0.3) is 0 Å². The van der Waals surface area contributed by atoms with E-state index in [1.54, 1.807) is 0 Å². The summed E-state index contributed by atoms with van der Waals surface area (Å²) in [6, 6.07) is 1.16. The summed E-state index contributed by atoms with van der Waals surface area (Å²) in [6.45, 7) is 13.4. The van der Waals surface area contributed by atoms with Gasteiger partial charge in [-0.25, -0.2) is 0 Å². The van der Waals surface area contributed by atoms with Crippen molar-refractivity contribution in [2.24, 2.45) is 11.7 Å². The van der Waals surface area contributed by atoms with Gasteiger partial charge in [-0.1, -0.05) is 20.8 Å². The molecule has 0 radical (unpaired) electrons. The van der Waals surface area contributed by atoms with Crippen molar-refractivity contribution in [2.45, 2.75) is 64.6 Å². The summed E-state index contributed by atoms with van der Waals surface area (Å²) in [5.74, 6) is 0.742. The summed E-state index contributed by atoms with van der Waals surface area (Å²) in [5, 5.41) is 0. The van der Waals surface area contributed by atoms with Crippen LogP contribution >= 0.6 is 0 Å². The molecule has 0 bridgehead atoms. The van der Waals surface area contributed by atoms with Crippen molar-refractivity contribution in [3.8, 4) is 0 Å². The molecule has 0 aromatic rings. The maximum Gasteiger partial charge on any atom is 0.0829 e. The van der Waals surface area contributed by atoms with E-state index < -0.39 is 0 Å². The molecule has 2 fully saturated rings. The number of hydrogen-bond acceptors (Lipinski definition) is 4. The SMILES string of the molecule is CCN(CC1CN(CC(C)C)CCO1)C1CCC(N)CC1. The van der Waals surface area contributed by atoms with Crippen LogP contribution in [0.3, 0.4) is 0 Å². The standard InChI is InChI=1S/C17H35N3O/c1-4-20(16-7-5-15(18)6-8-16)13-17-12-19(9-10-21-17)11-14(2)3/h14-17H,4-13,18H2,1-3H3. The summed E-state index contributed by atoms with van der Waals surface area (Å²) in [4.78, 5) is 5.21. The largest absolute Gasteiger partial charge is 0.374 e. The molecule has 2 N–H and O–H groups in total. The van der Waals surface area contributed by atoms with Gasteiger partial charge in [-0.15, -0.1) is 0 Å². The van der Waals surface area contributed by atoms with Crippen LogP contribution in [0, 0.1) is 5.92 Å². The van der Waals surface area contributed by atoms with E-state index in [9.17, 15) is 0 Å². The number of nitrogens with two attached hydrogens (primary N) is 1. The van der Waals surface area contributed by atoms with Crippen molar-refractivity contribution in [2.75, 3.05) is 39.3 Å². The molecule has 124 valence electrons. The lowest BCUT2D eigenvalue weighted by molar-refractivity contribution is -0.0525. The average Bonchev–Trinajstić information content (AvgIpc) is 2.45. The van der Waals surface area contributed by atoms with Crippen LogP contribution in [0.2, 0.25) is 0 Å². The highest BCUT2D eigenvalue weighted by Gasteiger charge is 2.28. The van der Waals surface area contributed by atoms with Crippen molar-refractivity contribution < 1.29 is 4.74 Å². The second-order valence-electron chi connectivity index (χ2n) is 7.30. The molecule has 21 heavy (non-hydrogen) atoms. The zero-order valence-electron chi connectivity index (χ0n) is 14.3. The van der Waals surface area contributed by atoms with Crippen LogP contribution in [0.4, 0.5) is 0 Å². The molecule has 0 amide bonds. The van der Waals surface area contributed by atoms with Gasteiger partial charge in [0.2, 0.25) is 0 Å². The number of likely N-dealkylation sites (N-methyl/N-ethyl adjacent to an activating group) is 1. The molecule has 2 rings (SSSR count). The summed E-state index contributed by atoms with van der Waals surface area (Å²) in [6.07, 6.45) is 5.28. The zero-order valence-corrected chi connectivity index (χ0v) is 14.3. The maximum absolute atomic E-state index is 6.04. The Hall–Kier alpha value is -0.160. The first-order chi connectivity index (χ1) is 10.1. The second kappa shape index (κ2) is 8.47. The van der Waals surface area contributed by atoms with Gasteiger partial charge in [0.05, 0.1) is 12.7 Å². The highest BCUT2D eigenvalue weighted by molar-refractivity contribution is 4.83. The first-order valence-corrected chi connectivity index (χ1v) is 8.92. The van der Waals surface area contributed by atoms with Crippen LogP contribution in [-0.2, 0) is 4.74 Å². The quantitative estimate of drug-likeness (QED) is 0.813. The minimum Gasteiger partial charge on any atom is -0.374 e. The zero-order chi connectivity index (χ0) is 15.2. The van der Waals surface area contributed by atoms with E-state index in [2.05, 4.69) is 30.6 Å². The molecule has 4 heteroatoms. The van der Waals surface area contributed by atoms with Gasteiger partial charge in [-0.2, -0.15) is 0 Å². The monoisotopic (exact) mass is 297 g/mol.